The molecule has 30 heavy (non-hydrogen) atoms. The first-order chi connectivity index (χ1) is 14.6. The molecule has 0 aliphatic heterocycles. The van der Waals surface area contributed by atoms with E-state index in [1.165, 1.54) is 5.69 Å². The van der Waals surface area contributed by atoms with E-state index in [1.54, 1.807) is 12.1 Å². The molecule has 0 fully saturated rings. The number of carbonyl (C=O) groups excluding carboxylic acids is 1. The van der Waals surface area contributed by atoms with Gasteiger partial charge < -0.3 is 20.1 Å². The summed E-state index contributed by atoms with van der Waals surface area (Å²) in [7, 11) is 0. The lowest BCUT2D eigenvalue weighted by Crippen LogP contribution is -2.35. The van der Waals surface area contributed by atoms with Crippen molar-refractivity contribution in [3.63, 3.8) is 0 Å². The first-order valence-corrected chi connectivity index (χ1v) is 11.0. The standard InChI is InChI=1S/C25H36N2O3/c1-4-16-26-18-23(28)19-30-24(25(29)21-10-8-7-9-11-21)17-20-12-14-22(15-13-20)27(5-2)6-3/h7-15,23-24,26,28H,4-6,16-19H2,1-3H3. The van der Waals surface area contributed by atoms with Crippen molar-refractivity contribution in [3.8, 4) is 0 Å². The number of hydrogen-bond acceptors (Lipinski definition) is 5. The number of anilines is 1. The third kappa shape index (κ3) is 7.56. The van der Waals surface area contributed by atoms with E-state index in [9.17, 15) is 9.90 Å². The number of hydrogen-bond donors (Lipinski definition) is 2. The number of nitrogens with zero attached hydrogens (tertiary/aromatic N) is 1. The van der Waals surface area contributed by atoms with Crippen molar-refractivity contribution >= 4 is 11.5 Å². The maximum Gasteiger partial charge on any atom is 0.191 e. The maximum absolute atomic E-state index is 13.1. The molecule has 0 bridgehead atoms. The van der Waals surface area contributed by atoms with Crippen LogP contribution >= 0.6 is 0 Å². The van der Waals surface area contributed by atoms with Gasteiger partial charge in [-0.3, -0.25) is 4.79 Å². The number of Topliss-reactive ketones (excluding diaryl/α,β-unsaturated/α-hetero) is 1. The summed E-state index contributed by atoms with van der Waals surface area (Å²) in [6.07, 6.45) is 0.202. The van der Waals surface area contributed by atoms with Gasteiger partial charge >= 0.3 is 0 Å². The summed E-state index contributed by atoms with van der Waals surface area (Å²) in [4.78, 5) is 15.3. The van der Waals surface area contributed by atoms with Crippen LogP contribution in [-0.4, -0.2) is 55.9 Å². The molecular formula is C25H36N2O3. The molecule has 0 spiro atoms. The van der Waals surface area contributed by atoms with Gasteiger partial charge in [0.25, 0.3) is 0 Å². The fraction of sp³-hybridized carbons (Fsp3) is 0.480. The SMILES string of the molecule is CCCNCC(O)COC(Cc1ccc(N(CC)CC)cc1)C(=O)c1ccccc1. The summed E-state index contributed by atoms with van der Waals surface area (Å²) in [5.74, 6) is -0.0582. The number of rotatable bonds is 14. The van der Waals surface area contributed by atoms with E-state index in [2.05, 4.69) is 55.3 Å². The van der Waals surface area contributed by atoms with Gasteiger partial charge in [-0.25, -0.2) is 0 Å². The lowest BCUT2D eigenvalue weighted by atomic mass is 9.99. The van der Waals surface area contributed by atoms with Gasteiger partial charge in [0.15, 0.2) is 5.78 Å². The van der Waals surface area contributed by atoms with Crippen LogP contribution in [0.25, 0.3) is 0 Å². The van der Waals surface area contributed by atoms with E-state index in [4.69, 9.17) is 4.74 Å². The largest absolute Gasteiger partial charge is 0.389 e. The van der Waals surface area contributed by atoms with E-state index in [0.717, 1.165) is 31.6 Å². The van der Waals surface area contributed by atoms with Crippen molar-refractivity contribution in [1.82, 2.24) is 5.32 Å². The Bertz CT molecular complexity index is 730. The van der Waals surface area contributed by atoms with E-state index < -0.39 is 12.2 Å². The third-order valence-electron chi connectivity index (χ3n) is 5.13. The molecule has 5 nitrogen and oxygen atoms in total. The molecule has 0 heterocycles. The second-order valence-electron chi connectivity index (χ2n) is 7.45. The average Bonchev–Trinajstić information content (AvgIpc) is 2.78. The quantitative estimate of drug-likeness (QED) is 0.366. The summed E-state index contributed by atoms with van der Waals surface area (Å²) in [5.41, 5.74) is 2.84. The van der Waals surface area contributed by atoms with Crippen LogP contribution in [0.4, 0.5) is 5.69 Å². The van der Waals surface area contributed by atoms with Crippen LogP contribution in [0.3, 0.4) is 0 Å². The molecule has 0 aliphatic carbocycles. The number of aliphatic hydroxyl groups excluding tert-OH is 1. The molecule has 2 N–H and O–H groups in total. The summed E-state index contributed by atoms with van der Waals surface area (Å²) in [6, 6.07) is 17.5. The van der Waals surface area contributed by atoms with Crippen molar-refractivity contribution in [2.75, 3.05) is 37.7 Å². The third-order valence-corrected chi connectivity index (χ3v) is 5.13. The predicted octanol–water partition coefficient (Wildman–Crippen LogP) is 3.70. The molecular weight excluding hydrogens is 376 g/mol. The Morgan fingerprint density at radius 3 is 2.30 bits per heavy atom. The van der Waals surface area contributed by atoms with Gasteiger partial charge in [-0.2, -0.15) is 0 Å². The number of aliphatic hydroxyl groups is 1. The van der Waals surface area contributed by atoms with Gasteiger partial charge in [0.05, 0.1) is 12.7 Å². The molecule has 2 aromatic carbocycles. The molecule has 0 saturated heterocycles. The highest BCUT2D eigenvalue weighted by molar-refractivity contribution is 5.99. The normalized spacial score (nSPS) is 13.1. The smallest absolute Gasteiger partial charge is 0.191 e. The Morgan fingerprint density at radius 1 is 1.03 bits per heavy atom. The number of ketones is 1. The Kier molecular flexibility index (Phi) is 10.6. The highest BCUT2D eigenvalue weighted by Gasteiger charge is 2.22. The second-order valence-corrected chi connectivity index (χ2v) is 7.45. The van der Waals surface area contributed by atoms with Crippen molar-refractivity contribution in [2.45, 2.75) is 45.8 Å². The molecule has 0 saturated carbocycles. The maximum atomic E-state index is 13.1. The second kappa shape index (κ2) is 13.2. The molecule has 0 radical (unpaired) electrons. The number of nitrogens with one attached hydrogen (secondary N) is 1. The van der Waals surface area contributed by atoms with Crippen molar-refractivity contribution in [2.24, 2.45) is 0 Å². The Labute approximate surface area is 181 Å². The van der Waals surface area contributed by atoms with Crippen molar-refractivity contribution < 1.29 is 14.6 Å². The minimum absolute atomic E-state index is 0.0582. The molecule has 2 aromatic rings. The van der Waals surface area contributed by atoms with E-state index in [-0.39, 0.29) is 12.4 Å². The van der Waals surface area contributed by atoms with E-state index >= 15 is 0 Å². The van der Waals surface area contributed by atoms with Crippen LogP contribution in [-0.2, 0) is 11.2 Å². The fourth-order valence-corrected chi connectivity index (χ4v) is 3.39. The summed E-state index contributed by atoms with van der Waals surface area (Å²) >= 11 is 0. The minimum atomic E-state index is -0.646. The van der Waals surface area contributed by atoms with Gasteiger partial charge in [0.1, 0.15) is 6.10 Å². The number of carbonyl (C=O) groups is 1. The molecule has 0 amide bonds. The van der Waals surface area contributed by atoms with Gasteiger partial charge in [-0.15, -0.1) is 0 Å². The Balaban J connectivity index is 2.08. The molecule has 2 atom stereocenters. The zero-order chi connectivity index (χ0) is 21.8. The lowest BCUT2D eigenvalue weighted by Gasteiger charge is -2.22. The van der Waals surface area contributed by atoms with Crippen LogP contribution in [0.15, 0.2) is 54.6 Å². The van der Waals surface area contributed by atoms with Crippen LogP contribution < -0.4 is 10.2 Å². The average molecular weight is 413 g/mol. The Hall–Kier alpha value is -2.21. The van der Waals surface area contributed by atoms with Crippen molar-refractivity contribution in [3.05, 3.63) is 65.7 Å². The highest BCUT2D eigenvalue weighted by Crippen LogP contribution is 2.18. The fourth-order valence-electron chi connectivity index (χ4n) is 3.39. The van der Waals surface area contributed by atoms with Crippen LogP contribution in [0.5, 0.6) is 0 Å². The van der Waals surface area contributed by atoms with Crippen LogP contribution in [0.1, 0.15) is 43.1 Å². The summed E-state index contributed by atoms with van der Waals surface area (Å²) < 4.78 is 5.92. The van der Waals surface area contributed by atoms with Crippen LogP contribution in [0.2, 0.25) is 0 Å². The molecule has 0 aromatic heterocycles. The van der Waals surface area contributed by atoms with Gasteiger partial charge in [0.2, 0.25) is 0 Å². The van der Waals surface area contributed by atoms with Crippen LogP contribution in [0, 0.1) is 0 Å². The van der Waals surface area contributed by atoms with E-state index in [1.807, 2.05) is 18.2 Å². The molecule has 5 heteroatoms. The molecule has 164 valence electrons. The Morgan fingerprint density at radius 2 is 1.70 bits per heavy atom. The number of ether oxygens (including phenoxy) is 1. The minimum Gasteiger partial charge on any atom is -0.389 e. The molecule has 2 unspecified atom stereocenters. The zero-order valence-corrected chi connectivity index (χ0v) is 18.5. The monoisotopic (exact) mass is 412 g/mol. The summed E-state index contributed by atoms with van der Waals surface area (Å²) in [6.45, 7) is 9.70. The van der Waals surface area contributed by atoms with Gasteiger partial charge in [0, 0.05) is 37.3 Å². The first kappa shape index (κ1) is 24.1. The zero-order valence-electron chi connectivity index (χ0n) is 18.5. The number of benzene rings is 2. The van der Waals surface area contributed by atoms with Crippen molar-refractivity contribution in [1.29, 1.82) is 0 Å². The van der Waals surface area contributed by atoms with Gasteiger partial charge in [-0.1, -0.05) is 49.4 Å². The van der Waals surface area contributed by atoms with E-state index in [0.29, 0.717) is 18.5 Å². The predicted molar refractivity (Wildman–Crippen MR) is 123 cm³/mol. The molecule has 0 aliphatic rings. The lowest BCUT2D eigenvalue weighted by molar-refractivity contribution is -0.00162. The highest BCUT2D eigenvalue weighted by atomic mass is 16.5. The first-order valence-electron chi connectivity index (χ1n) is 11.0. The summed E-state index contributed by atoms with van der Waals surface area (Å²) in [5, 5.41) is 13.4. The van der Waals surface area contributed by atoms with Gasteiger partial charge in [-0.05, 0) is 44.5 Å². The topological polar surface area (TPSA) is 61.8 Å². The molecule has 2 rings (SSSR count).